The number of pyridine rings is 1. The Hall–Kier alpha value is -4.58. The largest absolute Gasteiger partial charge is 0.495 e. The van der Waals surface area contributed by atoms with E-state index in [2.05, 4.69) is 44.0 Å². The van der Waals surface area contributed by atoms with Gasteiger partial charge in [-0.25, -0.2) is 9.97 Å². The SMILES string of the molecule is C=CC(=O)Nc1cc(N2CCN(C)CC2)ccc1Nc1ncc2cc(-c3c(Cl)c(OC)cc(OC)c3Cl)c3nccn3c2n1. The van der Waals surface area contributed by atoms with Crippen molar-refractivity contribution in [1.82, 2.24) is 24.3 Å². The van der Waals surface area contributed by atoms with Crippen LogP contribution in [0.3, 0.4) is 0 Å². The zero-order valence-corrected chi connectivity index (χ0v) is 25.9. The number of anilines is 4. The molecule has 4 heterocycles. The number of aromatic nitrogens is 4. The summed E-state index contributed by atoms with van der Waals surface area (Å²) in [6, 6.07) is 9.41. The minimum Gasteiger partial charge on any atom is -0.495 e. The molecule has 0 unspecified atom stereocenters. The molecule has 0 bridgehead atoms. The zero-order valence-electron chi connectivity index (χ0n) is 24.4. The Morgan fingerprint density at radius 3 is 2.39 bits per heavy atom. The Labute approximate surface area is 264 Å². The molecule has 1 aliphatic rings. The van der Waals surface area contributed by atoms with Gasteiger partial charge in [-0.05, 0) is 37.4 Å². The number of imidazole rings is 1. The lowest BCUT2D eigenvalue weighted by atomic mass is 10.0. The first-order valence-electron chi connectivity index (χ1n) is 13.8. The average molecular weight is 634 g/mol. The van der Waals surface area contributed by atoms with Crippen molar-refractivity contribution < 1.29 is 14.3 Å². The summed E-state index contributed by atoms with van der Waals surface area (Å²) in [5.41, 5.74) is 4.61. The molecular weight excluding hydrogens is 603 g/mol. The molecule has 1 amide bonds. The molecular formula is C31H30Cl2N8O3. The van der Waals surface area contributed by atoms with Crippen LogP contribution in [0.15, 0.2) is 61.6 Å². The lowest BCUT2D eigenvalue weighted by Crippen LogP contribution is -2.44. The molecule has 11 nitrogen and oxygen atoms in total. The molecule has 0 saturated carbocycles. The fourth-order valence-electron chi connectivity index (χ4n) is 5.25. The summed E-state index contributed by atoms with van der Waals surface area (Å²) >= 11 is 13.5. The Kier molecular flexibility index (Phi) is 8.17. The predicted molar refractivity (Wildman–Crippen MR) is 175 cm³/mol. The van der Waals surface area contributed by atoms with E-state index in [-0.39, 0.29) is 5.91 Å². The highest BCUT2D eigenvalue weighted by Crippen LogP contribution is 2.47. The van der Waals surface area contributed by atoms with Crippen LogP contribution in [0.2, 0.25) is 10.0 Å². The quantitative estimate of drug-likeness (QED) is 0.202. The number of nitrogens with zero attached hydrogens (tertiary/aromatic N) is 6. The summed E-state index contributed by atoms with van der Waals surface area (Å²) in [5.74, 6) is 0.853. The van der Waals surface area contributed by atoms with Crippen LogP contribution in [0.5, 0.6) is 11.5 Å². The lowest BCUT2D eigenvalue weighted by Gasteiger charge is -2.34. The van der Waals surface area contributed by atoms with Crippen LogP contribution < -0.4 is 25.0 Å². The number of hydrogen-bond acceptors (Lipinski definition) is 9. The number of amides is 1. The maximum atomic E-state index is 12.3. The van der Waals surface area contributed by atoms with E-state index in [1.165, 1.54) is 20.3 Å². The lowest BCUT2D eigenvalue weighted by molar-refractivity contribution is -0.111. The maximum Gasteiger partial charge on any atom is 0.247 e. The summed E-state index contributed by atoms with van der Waals surface area (Å²) in [5, 5.41) is 7.57. The molecule has 2 aromatic carbocycles. The number of carbonyl (C=O) groups is 1. The number of rotatable bonds is 8. The van der Waals surface area contributed by atoms with Gasteiger partial charge in [0.1, 0.15) is 17.1 Å². The highest BCUT2D eigenvalue weighted by Gasteiger charge is 2.23. The number of halogens is 2. The van der Waals surface area contributed by atoms with E-state index in [0.717, 1.165) is 37.3 Å². The summed E-state index contributed by atoms with van der Waals surface area (Å²) in [6.07, 6.45) is 6.42. The third kappa shape index (κ3) is 5.45. The van der Waals surface area contributed by atoms with Crippen molar-refractivity contribution >= 4 is 68.8 Å². The Bertz CT molecular complexity index is 1870. The Morgan fingerprint density at radius 2 is 1.70 bits per heavy atom. The van der Waals surface area contributed by atoms with E-state index < -0.39 is 0 Å². The number of ether oxygens (including phenoxy) is 2. The molecule has 0 radical (unpaired) electrons. The van der Waals surface area contributed by atoms with Crippen LogP contribution in [0.4, 0.5) is 23.0 Å². The fourth-order valence-corrected chi connectivity index (χ4v) is 5.95. The second-order valence-corrected chi connectivity index (χ2v) is 11.0. The molecule has 0 spiro atoms. The molecule has 1 fully saturated rings. The van der Waals surface area contributed by atoms with Gasteiger partial charge in [0, 0.05) is 73.0 Å². The Morgan fingerprint density at radius 1 is 0.977 bits per heavy atom. The molecule has 0 aliphatic carbocycles. The van der Waals surface area contributed by atoms with Gasteiger partial charge < -0.3 is 29.9 Å². The van der Waals surface area contributed by atoms with Crippen molar-refractivity contribution in [2.24, 2.45) is 0 Å². The first-order chi connectivity index (χ1) is 21.3. The molecule has 226 valence electrons. The van der Waals surface area contributed by atoms with Crippen molar-refractivity contribution in [3.05, 3.63) is 71.6 Å². The molecule has 2 N–H and O–H groups in total. The number of piperazine rings is 1. The van der Waals surface area contributed by atoms with E-state index in [4.69, 9.17) is 37.7 Å². The monoisotopic (exact) mass is 632 g/mol. The van der Waals surface area contributed by atoms with Gasteiger partial charge in [-0.1, -0.05) is 29.8 Å². The summed E-state index contributed by atoms with van der Waals surface area (Å²) in [4.78, 5) is 30.9. The number of benzene rings is 2. The molecule has 44 heavy (non-hydrogen) atoms. The topological polar surface area (TPSA) is 109 Å². The fraction of sp³-hybridized carbons (Fsp3) is 0.226. The van der Waals surface area contributed by atoms with E-state index >= 15 is 0 Å². The van der Waals surface area contributed by atoms with Crippen LogP contribution in [0.1, 0.15) is 0 Å². The van der Waals surface area contributed by atoms with Gasteiger partial charge in [0.25, 0.3) is 0 Å². The number of fused-ring (bicyclic) bond motifs is 3. The molecule has 5 aromatic rings. The van der Waals surface area contributed by atoms with Crippen molar-refractivity contribution in [2.75, 3.05) is 63.0 Å². The van der Waals surface area contributed by atoms with Gasteiger partial charge >= 0.3 is 0 Å². The number of likely N-dealkylation sites (N-methyl/N-ethyl adjacent to an activating group) is 1. The molecule has 13 heteroatoms. The minimum atomic E-state index is -0.317. The van der Waals surface area contributed by atoms with E-state index in [9.17, 15) is 4.79 Å². The van der Waals surface area contributed by atoms with Gasteiger partial charge in [0.2, 0.25) is 11.9 Å². The van der Waals surface area contributed by atoms with Crippen LogP contribution >= 0.6 is 23.2 Å². The van der Waals surface area contributed by atoms with Gasteiger partial charge in [-0.15, -0.1) is 0 Å². The summed E-state index contributed by atoms with van der Waals surface area (Å²) in [6.45, 7) is 7.32. The van der Waals surface area contributed by atoms with E-state index in [1.54, 1.807) is 24.7 Å². The highest BCUT2D eigenvalue weighted by molar-refractivity contribution is 6.41. The van der Waals surface area contributed by atoms with Crippen molar-refractivity contribution in [1.29, 1.82) is 0 Å². The summed E-state index contributed by atoms with van der Waals surface area (Å²) in [7, 11) is 5.17. The zero-order chi connectivity index (χ0) is 31.0. The van der Waals surface area contributed by atoms with E-state index in [0.29, 0.717) is 61.3 Å². The normalized spacial score (nSPS) is 13.7. The third-order valence-electron chi connectivity index (χ3n) is 7.61. The molecule has 3 aromatic heterocycles. The van der Waals surface area contributed by atoms with Gasteiger partial charge in [0.15, 0.2) is 5.65 Å². The first-order valence-corrected chi connectivity index (χ1v) is 14.6. The second kappa shape index (κ2) is 12.2. The molecule has 1 aliphatic heterocycles. The second-order valence-electron chi connectivity index (χ2n) is 10.3. The first kappa shape index (κ1) is 29.5. The van der Waals surface area contributed by atoms with E-state index in [1.807, 2.05) is 28.7 Å². The number of nitrogens with one attached hydrogen (secondary N) is 2. The van der Waals surface area contributed by atoms with Crippen LogP contribution in [-0.4, -0.2) is 77.6 Å². The number of carbonyl (C=O) groups excluding carboxylic acids is 1. The summed E-state index contributed by atoms with van der Waals surface area (Å²) < 4.78 is 12.8. The molecule has 0 atom stereocenters. The molecule has 6 rings (SSSR count). The Balaban J connectivity index is 1.41. The predicted octanol–water partition coefficient (Wildman–Crippen LogP) is 5.89. The van der Waals surface area contributed by atoms with Crippen molar-refractivity contribution in [2.45, 2.75) is 0 Å². The number of hydrogen-bond donors (Lipinski definition) is 2. The van der Waals surface area contributed by atoms with Gasteiger partial charge in [0.05, 0.1) is 35.6 Å². The average Bonchev–Trinajstić information content (AvgIpc) is 3.53. The number of methoxy groups -OCH3 is 2. The minimum absolute atomic E-state index is 0.317. The third-order valence-corrected chi connectivity index (χ3v) is 8.36. The van der Waals surface area contributed by atoms with Crippen molar-refractivity contribution in [3.8, 4) is 22.6 Å². The van der Waals surface area contributed by atoms with Crippen LogP contribution in [-0.2, 0) is 4.79 Å². The molecule has 1 saturated heterocycles. The maximum absolute atomic E-state index is 12.3. The standard InChI is InChI=1S/C31H30Cl2N8O3/c1-5-25(42)36-22-15-19(40-12-10-39(2)11-13-40)6-7-21(22)37-31-35-17-18-14-20(30-34-8-9-41(30)29(18)38-31)26-27(32)23(43-3)16-24(44-4)28(26)33/h5-9,14-17H,1,10-13H2,2-4H3,(H,36,42)(H,35,37,38). The smallest absolute Gasteiger partial charge is 0.247 e. The van der Waals surface area contributed by atoms with Crippen LogP contribution in [0.25, 0.3) is 27.8 Å². The highest BCUT2D eigenvalue weighted by atomic mass is 35.5. The van der Waals surface area contributed by atoms with Crippen molar-refractivity contribution in [3.63, 3.8) is 0 Å². The van der Waals surface area contributed by atoms with Gasteiger partial charge in [-0.2, -0.15) is 4.98 Å². The van der Waals surface area contributed by atoms with Crippen LogP contribution in [0, 0.1) is 0 Å². The van der Waals surface area contributed by atoms with Gasteiger partial charge in [-0.3, -0.25) is 9.20 Å².